The molecule has 1 fully saturated rings. The maximum atomic E-state index is 11.9. The molecule has 3 atom stereocenters. The lowest BCUT2D eigenvalue weighted by atomic mass is 9.97. The molecule has 0 saturated heterocycles. The number of ketones is 3. The van der Waals surface area contributed by atoms with Crippen LogP contribution in [0.2, 0.25) is 0 Å². The van der Waals surface area contributed by atoms with E-state index in [1.165, 1.54) is 6.92 Å². The van der Waals surface area contributed by atoms with Gasteiger partial charge in [-0.15, -0.1) is 0 Å². The summed E-state index contributed by atoms with van der Waals surface area (Å²) in [7, 11) is 0. The van der Waals surface area contributed by atoms with Gasteiger partial charge in [0.05, 0.1) is 15.9 Å². The van der Waals surface area contributed by atoms with Crippen molar-refractivity contribution in [3.05, 3.63) is 0 Å². The third kappa shape index (κ3) is 6.31. The van der Waals surface area contributed by atoms with Gasteiger partial charge in [0, 0.05) is 12.8 Å². The van der Waals surface area contributed by atoms with E-state index in [4.69, 9.17) is 0 Å². The van der Waals surface area contributed by atoms with Crippen LogP contribution in [0, 0.1) is 11.8 Å². The Kier molecular flexibility index (Phi) is 8.36. The van der Waals surface area contributed by atoms with Crippen LogP contribution in [0.1, 0.15) is 59.3 Å². The van der Waals surface area contributed by atoms with E-state index in [0.717, 1.165) is 12.8 Å². The highest BCUT2D eigenvalue weighted by Crippen LogP contribution is 2.28. The molecule has 23 heavy (non-hydrogen) atoms. The second kappa shape index (κ2) is 9.49. The van der Waals surface area contributed by atoms with Crippen LogP contribution in [0.15, 0.2) is 0 Å². The Labute approximate surface area is 151 Å². The van der Waals surface area contributed by atoms with E-state index in [1.54, 1.807) is 0 Å². The molecule has 1 amide bonds. The normalized spacial score (nSPS) is 22.5. The summed E-state index contributed by atoms with van der Waals surface area (Å²) in [6, 6.07) is -0.420. The molecule has 1 N–H and O–H groups in total. The number of hydrogen-bond donors (Lipinski definition) is 1. The number of nitrogens with one attached hydrogen (secondary N) is 1. The molecule has 0 aromatic carbocycles. The highest BCUT2D eigenvalue weighted by Gasteiger charge is 2.38. The average Bonchev–Trinajstić information content (AvgIpc) is 2.69. The Morgan fingerprint density at radius 1 is 1.22 bits per heavy atom. The number of hydrogen-bond acceptors (Lipinski definition) is 4. The lowest BCUT2D eigenvalue weighted by Crippen LogP contribution is -2.43. The molecular weight excluding hydrogens is 409 g/mol. The molecule has 1 rings (SSSR count). The summed E-state index contributed by atoms with van der Waals surface area (Å²) < 4.78 is -0.157. The summed E-state index contributed by atoms with van der Waals surface area (Å²) in [4.78, 5) is 46.8. The van der Waals surface area contributed by atoms with Crippen LogP contribution in [0.3, 0.4) is 0 Å². The standard InChI is InChI=1S/C17H26INO4/c1-10(2)16(11(3)20)19-15(22)8-6-4-5-7-12-14(21)9-13(18)17(12)23/h10,12-13,16H,4-9H2,1-3H3,(H,19,22)/t12?,13?,16-/m0/s1. The first-order valence-corrected chi connectivity index (χ1v) is 9.49. The second-order valence-corrected chi connectivity index (χ2v) is 8.10. The minimum Gasteiger partial charge on any atom is -0.346 e. The average molecular weight is 435 g/mol. The molecule has 5 nitrogen and oxygen atoms in total. The number of unbranched alkanes of at least 4 members (excludes halogenated alkanes) is 2. The van der Waals surface area contributed by atoms with E-state index < -0.39 is 12.0 Å². The van der Waals surface area contributed by atoms with Gasteiger partial charge in [-0.3, -0.25) is 19.2 Å². The van der Waals surface area contributed by atoms with Crippen LogP contribution in [-0.2, 0) is 19.2 Å². The molecule has 0 bridgehead atoms. The molecule has 0 aromatic rings. The van der Waals surface area contributed by atoms with Crippen molar-refractivity contribution in [2.45, 2.75) is 69.3 Å². The van der Waals surface area contributed by atoms with Crippen LogP contribution in [-0.4, -0.2) is 33.2 Å². The SMILES string of the molecule is CC(=O)[C@@H](NC(=O)CCCCCC1C(=O)CC(I)C1=O)C(C)C. The van der Waals surface area contributed by atoms with Crippen LogP contribution in [0.5, 0.6) is 0 Å². The van der Waals surface area contributed by atoms with Crippen LogP contribution < -0.4 is 5.32 Å². The van der Waals surface area contributed by atoms with Crippen LogP contribution in [0.4, 0.5) is 0 Å². The van der Waals surface area contributed by atoms with Crippen molar-refractivity contribution in [1.29, 1.82) is 0 Å². The summed E-state index contributed by atoms with van der Waals surface area (Å²) in [6.45, 7) is 5.30. The maximum absolute atomic E-state index is 11.9. The predicted molar refractivity (Wildman–Crippen MR) is 96.5 cm³/mol. The Morgan fingerprint density at radius 2 is 1.87 bits per heavy atom. The number of amides is 1. The quantitative estimate of drug-likeness (QED) is 0.261. The van der Waals surface area contributed by atoms with E-state index in [1.807, 2.05) is 36.4 Å². The fraction of sp³-hybridized carbons (Fsp3) is 0.765. The molecule has 0 aliphatic heterocycles. The van der Waals surface area contributed by atoms with E-state index in [0.29, 0.717) is 25.7 Å². The maximum Gasteiger partial charge on any atom is 0.220 e. The lowest BCUT2D eigenvalue weighted by Gasteiger charge is -2.19. The van der Waals surface area contributed by atoms with Gasteiger partial charge in [0.25, 0.3) is 0 Å². The molecule has 1 saturated carbocycles. The van der Waals surface area contributed by atoms with Crippen molar-refractivity contribution >= 4 is 45.8 Å². The Morgan fingerprint density at radius 3 is 2.35 bits per heavy atom. The van der Waals surface area contributed by atoms with Gasteiger partial charge in [0.2, 0.25) is 5.91 Å². The topological polar surface area (TPSA) is 80.3 Å². The first-order valence-electron chi connectivity index (χ1n) is 8.24. The van der Waals surface area contributed by atoms with Gasteiger partial charge >= 0.3 is 0 Å². The number of carbonyl (C=O) groups is 4. The largest absolute Gasteiger partial charge is 0.346 e. The second-order valence-electron chi connectivity index (χ2n) is 6.59. The smallest absolute Gasteiger partial charge is 0.220 e. The highest BCUT2D eigenvalue weighted by molar-refractivity contribution is 14.1. The number of halogens is 1. The van der Waals surface area contributed by atoms with Gasteiger partial charge in [0.1, 0.15) is 5.78 Å². The van der Waals surface area contributed by atoms with Crippen LogP contribution in [0.25, 0.3) is 0 Å². The summed E-state index contributed by atoms with van der Waals surface area (Å²) in [6.07, 6.45) is 3.63. The molecular formula is C17H26INO4. The minimum absolute atomic E-state index is 0.0278. The summed E-state index contributed by atoms with van der Waals surface area (Å²) in [5, 5.41) is 2.77. The number of rotatable bonds is 9. The third-order valence-corrected chi connectivity index (χ3v) is 5.29. The van der Waals surface area contributed by atoms with Gasteiger partial charge in [-0.05, 0) is 25.7 Å². The zero-order valence-corrected chi connectivity index (χ0v) is 16.2. The number of alkyl halides is 1. The molecule has 130 valence electrons. The monoisotopic (exact) mass is 435 g/mol. The Balaban J connectivity index is 2.22. The molecule has 0 heterocycles. The van der Waals surface area contributed by atoms with E-state index in [-0.39, 0.29) is 33.1 Å². The zero-order chi connectivity index (χ0) is 17.6. The fourth-order valence-corrected chi connectivity index (χ4v) is 3.76. The first-order chi connectivity index (χ1) is 10.7. The van der Waals surface area contributed by atoms with Crippen molar-refractivity contribution < 1.29 is 19.2 Å². The van der Waals surface area contributed by atoms with Gasteiger partial charge in [-0.2, -0.15) is 0 Å². The molecule has 1 aliphatic carbocycles. The van der Waals surface area contributed by atoms with Crippen molar-refractivity contribution in [1.82, 2.24) is 5.32 Å². The molecule has 1 aliphatic rings. The van der Waals surface area contributed by atoms with Gasteiger partial charge in [0.15, 0.2) is 11.6 Å². The molecule has 0 spiro atoms. The van der Waals surface area contributed by atoms with E-state index >= 15 is 0 Å². The molecule has 0 aromatic heterocycles. The van der Waals surface area contributed by atoms with Crippen molar-refractivity contribution in [3.63, 3.8) is 0 Å². The molecule has 6 heteroatoms. The number of Topliss-reactive ketones (excluding diaryl/α,β-unsaturated/α-hetero) is 3. The third-order valence-electron chi connectivity index (χ3n) is 4.24. The van der Waals surface area contributed by atoms with E-state index in [2.05, 4.69) is 5.32 Å². The number of carbonyl (C=O) groups excluding carboxylic acids is 4. The van der Waals surface area contributed by atoms with Crippen molar-refractivity contribution in [2.75, 3.05) is 0 Å². The lowest BCUT2D eigenvalue weighted by molar-refractivity contribution is -0.128. The first kappa shape index (κ1) is 20.3. The van der Waals surface area contributed by atoms with Crippen molar-refractivity contribution in [2.24, 2.45) is 11.8 Å². The Hall–Kier alpha value is -0.790. The minimum atomic E-state index is -0.422. The fourth-order valence-electron chi connectivity index (χ4n) is 2.89. The summed E-state index contributed by atoms with van der Waals surface area (Å²) >= 11 is 2.04. The van der Waals surface area contributed by atoms with Gasteiger partial charge in [-0.25, -0.2) is 0 Å². The van der Waals surface area contributed by atoms with Crippen LogP contribution >= 0.6 is 22.6 Å². The van der Waals surface area contributed by atoms with Gasteiger partial charge in [-0.1, -0.05) is 49.3 Å². The highest BCUT2D eigenvalue weighted by atomic mass is 127. The summed E-state index contributed by atoms with van der Waals surface area (Å²) in [5.41, 5.74) is 0. The van der Waals surface area contributed by atoms with E-state index in [9.17, 15) is 19.2 Å². The summed E-state index contributed by atoms with van der Waals surface area (Å²) in [5.74, 6) is -0.354. The Bertz CT molecular complexity index is 475. The predicted octanol–water partition coefficient (Wildman–Crippen LogP) is 2.63. The van der Waals surface area contributed by atoms with Gasteiger partial charge < -0.3 is 5.32 Å². The van der Waals surface area contributed by atoms with Crippen molar-refractivity contribution in [3.8, 4) is 0 Å². The molecule has 2 unspecified atom stereocenters. The molecule has 0 radical (unpaired) electrons. The zero-order valence-electron chi connectivity index (χ0n) is 14.1.